The minimum absolute atomic E-state index is 0.107. The van der Waals surface area contributed by atoms with E-state index in [0.29, 0.717) is 25.7 Å². The molecular weight excluding hydrogens is 1330 g/mol. The van der Waals surface area contributed by atoms with E-state index in [1.165, 1.54) is 270 Å². The molecule has 0 bridgehead atoms. The highest BCUT2D eigenvalue weighted by Gasteiger charge is 2.30. The van der Waals surface area contributed by atoms with Gasteiger partial charge in [0.15, 0.2) is 12.2 Å². The zero-order valence-corrected chi connectivity index (χ0v) is 68.5. The Labute approximate surface area is 626 Å². The molecule has 0 amide bonds. The average Bonchev–Trinajstić information content (AvgIpc) is 0.969. The number of hydrogen-bond acceptors (Lipinski definition) is 15. The van der Waals surface area contributed by atoms with E-state index in [2.05, 4.69) is 34.6 Å². The van der Waals surface area contributed by atoms with Crippen LogP contribution in [0.15, 0.2) is 0 Å². The van der Waals surface area contributed by atoms with Gasteiger partial charge in [-0.1, -0.05) is 394 Å². The Bertz CT molecular complexity index is 1950. The smallest absolute Gasteiger partial charge is 0.462 e. The van der Waals surface area contributed by atoms with Crippen molar-refractivity contribution in [2.45, 2.75) is 464 Å². The molecule has 0 heterocycles. The number of aliphatic hydroxyl groups excluding tert-OH is 1. The molecule has 0 radical (unpaired) electrons. The summed E-state index contributed by atoms with van der Waals surface area (Å²) in [5, 5.41) is 10.7. The first-order chi connectivity index (χ1) is 49.6. The summed E-state index contributed by atoms with van der Waals surface area (Å²) in [6, 6.07) is 0. The predicted molar refractivity (Wildman–Crippen MR) is 418 cm³/mol. The van der Waals surface area contributed by atoms with Crippen LogP contribution in [0.4, 0.5) is 0 Å². The molecule has 0 aliphatic rings. The van der Waals surface area contributed by atoms with E-state index in [1.807, 2.05) is 0 Å². The molecule has 0 aromatic rings. The summed E-state index contributed by atoms with van der Waals surface area (Å²) in [5.41, 5.74) is 0. The number of phosphoric acid groups is 2. The highest BCUT2D eigenvalue weighted by Crippen LogP contribution is 2.45. The van der Waals surface area contributed by atoms with Crippen LogP contribution < -0.4 is 0 Å². The number of phosphoric ester groups is 2. The van der Waals surface area contributed by atoms with Gasteiger partial charge in [-0.05, 0) is 31.6 Å². The molecule has 6 atom stereocenters. The summed E-state index contributed by atoms with van der Waals surface area (Å²) in [6.07, 6.45) is 67.8. The van der Waals surface area contributed by atoms with Gasteiger partial charge in [-0.25, -0.2) is 9.13 Å². The first-order valence-corrected chi connectivity index (χ1v) is 46.2. The van der Waals surface area contributed by atoms with Gasteiger partial charge in [-0.15, -0.1) is 0 Å². The number of hydrogen-bond donors (Lipinski definition) is 3. The van der Waals surface area contributed by atoms with Crippen molar-refractivity contribution < 1.29 is 80.2 Å². The van der Waals surface area contributed by atoms with Crippen LogP contribution in [0, 0.1) is 5.92 Å². The van der Waals surface area contributed by atoms with Gasteiger partial charge in [0.05, 0.1) is 26.4 Å². The molecule has 0 aliphatic heterocycles. The number of carbonyl (C=O) groups excluding carboxylic acids is 4. The Balaban J connectivity index is 5.25. The number of aliphatic hydroxyl groups is 1. The highest BCUT2D eigenvalue weighted by atomic mass is 31.2. The van der Waals surface area contributed by atoms with Gasteiger partial charge in [0.2, 0.25) is 0 Å². The lowest BCUT2D eigenvalue weighted by Crippen LogP contribution is -2.30. The Kier molecular flexibility index (Phi) is 74.4. The monoisotopic (exact) mass is 1490 g/mol. The first-order valence-electron chi connectivity index (χ1n) is 43.2. The lowest BCUT2D eigenvalue weighted by atomic mass is 9.99. The molecule has 17 nitrogen and oxygen atoms in total. The molecule has 3 unspecified atom stereocenters. The Morgan fingerprint density at radius 2 is 0.471 bits per heavy atom. The highest BCUT2D eigenvalue weighted by molar-refractivity contribution is 7.47. The summed E-state index contributed by atoms with van der Waals surface area (Å²) in [5.74, 6) is -1.30. The third-order valence-electron chi connectivity index (χ3n) is 19.9. The van der Waals surface area contributed by atoms with Crippen molar-refractivity contribution in [3.05, 3.63) is 0 Å². The van der Waals surface area contributed by atoms with Crippen molar-refractivity contribution in [3.63, 3.8) is 0 Å². The lowest BCUT2D eigenvalue weighted by molar-refractivity contribution is -0.161. The molecule has 3 N–H and O–H groups in total. The van der Waals surface area contributed by atoms with Gasteiger partial charge in [0, 0.05) is 25.7 Å². The molecule has 19 heteroatoms. The number of esters is 4. The average molecular weight is 1490 g/mol. The fraction of sp³-hybridized carbons (Fsp3) is 0.952. The van der Waals surface area contributed by atoms with E-state index in [-0.39, 0.29) is 25.7 Å². The maximum absolute atomic E-state index is 13.1. The van der Waals surface area contributed by atoms with Crippen molar-refractivity contribution in [1.29, 1.82) is 0 Å². The Morgan fingerprint density at radius 1 is 0.275 bits per heavy atom. The van der Waals surface area contributed by atoms with E-state index in [0.717, 1.165) is 95.8 Å². The minimum atomic E-state index is -4.96. The second kappa shape index (κ2) is 75.9. The van der Waals surface area contributed by atoms with Gasteiger partial charge >= 0.3 is 39.5 Å². The van der Waals surface area contributed by atoms with Crippen LogP contribution in [0.2, 0.25) is 0 Å². The van der Waals surface area contributed by atoms with Gasteiger partial charge in [0.1, 0.15) is 19.3 Å². The number of ether oxygens (including phenoxy) is 4. The minimum Gasteiger partial charge on any atom is -0.462 e. The summed E-state index contributed by atoms with van der Waals surface area (Å²) in [7, 11) is -9.92. The van der Waals surface area contributed by atoms with E-state index < -0.39 is 97.5 Å². The van der Waals surface area contributed by atoms with Gasteiger partial charge in [-0.3, -0.25) is 37.3 Å². The van der Waals surface area contributed by atoms with Crippen molar-refractivity contribution in [2.24, 2.45) is 5.92 Å². The quantitative estimate of drug-likeness (QED) is 0.0222. The fourth-order valence-corrected chi connectivity index (χ4v) is 14.5. The van der Waals surface area contributed by atoms with Gasteiger partial charge in [0.25, 0.3) is 0 Å². The summed E-state index contributed by atoms with van der Waals surface area (Å²) < 4.78 is 68.8. The van der Waals surface area contributed by atoms with E-state index in [1.54, 1.807) is 0 Å². The summed E-state index contributed by atoms with van der Waals surface area (Å²) >= 11 is 0. The standard InChI is InChI=1S/C83H162O17P2/c1-6-10-13-16-19-22-25-28-30-31-32-33-34-36-39-42-48-53-58-63-68-82(87)99-78(72-94-81(86)67-62-57-52-47-41-38-35-29-26-23-20-17-14-11-7-2)74-97-101(89,90)95-70-77(84)71-96-102(91,92)98-75-79(73-93-80(85)66-61-56-51-46-40-37-27-24-21-18-15-12-8-3)100-83(88)69-64-59-54-49-44-43-45-50-55-60-65-76(5)9-4/h76-79,84H,6-75H2,1-5H3,(H,89,90)(H,91,92)/t76?,77-,78-,79-/m1/s1. The maximum Gasteiger partial charge on any atom is 0.472 e. The SMILES string of the molecule is CCCCCCCCCCCCCCCCCCCCCCC(=O)O[C@H](COC(=O)CCCCCCCCCCCCCCCCC)COP(=O)(O)OC[C@@H](O)COP(=O)(O)OC[C@@H](COC(=O)CCCCCCCCCCCCCCC)OC(=O)CCCCCCCCCCCCC(C)CC. The third kappa shape index (κ3) is 74.9. The van der Waals surface area contributed by atoms with Crippen LogP contribution in [-0.4, -0.2) is 96.7 Å². The van der Waals surface area contributed by atoms with Crippen molar-refractivity contribution in [3.8, 4) is 0 Å². The second-order valence-corrected chi connectivity index (χ2v) is 33.0. The Hall–Kier alpha value is -1.94. The third-order valence-corrected chi connectivity index (χ3v) is 21.8. The predicted octanol–water partition coefficient (Wildman–Crippen LogP) is 25.2. The number of carbonyl (C=O) groups is 4. The molecule has 0 aromatic heterocycles. The van der Waals surface area contributed by atoms with Gasteiger partial charge in [-0.2, -0.15) is 0 Å². The second-order valence-electron chi connectivity index (χ2n) is 30.1. The lowest BCUT2D eigenvalue weighted by Gasteiger charge is -2.21. The molecule has 0 saturated carbocycles. The maximum atomic E-state index is 13.1. The first kappa shape index (κ1) is 100. The molecule has 0 spiro atoms. The van der Waals surface area contributed by atoms with E-state index in [4.69, 9.17) is 37.0 Å². The Morgan fingerprint density at radius 3 is 0.696 bits per heavy atom. The molecule has 606 valence electrons. The molecule has 0 fully saturated rings. The molecule has 102 heavy (non-hydrogen) atoms. The number of rotatable bonds is 83. The molecule has 0 aliphatic carbocycles. The zero-order valence-electron chi connectivity index (χ0n) is 66.8. The molecular formula is C83H162O17P2. The van der Waals surface area contributed by atoms with E-state index >= 15 is 0 Å². The van der Waals surface area contributed by atoms with Gasteiger partial charge < -0.3 is 33.8 Å². The normalized spacial score (nSPS) is 14.1. The molecule has 0 saturated heterocycles. The topological polar surface area (TPSA) is 237 Å². The van der Waals surface area contributed by atoms with Crippen LogP contribution in [0.5, 0.6) is 0 Å². The van der Waals surface area contributed by atoms with Crippen LogP contribution >= 0.6 is 15.6 Å². The fourth-order valence-electron chi connectivity index (χ4n) is 12.9. The molecule has 0 rings (SSSR count). The molecule has 0 aromatic carbocycles. The summed E-state index contributed by atoms with van der Waals surface area (Å²) in [6.45, 7) is 7.38. The van der Waals surface area contributed by atoms with Crippen molar-refractivity contribution >= 4 is 39.5 Å². The van der Waals surface area contributed by atoms with E-state index in [9.17, 15) is 43.2 Å². The van der Waals surface area contributed by atoms with Crippen LogP contribution in [0.1, 0.15) is 446 Å². The van der Waals surface area contributed by atoms with Crippen LogP contribution in [0.25, 0.3) is 0 Å². The van der Waals surface area contributed by atoms with Crippen LogP contribution in [0.3, 0.4) is 0 Å². The summed E-state index contributed by atoms with van der Waals surface area (Å²) in [4.78, 5) is 73.1. The van der Waals surface area contributed by atoms with Crippen molar-refractivity contribution in [2.75, 3.05) is 39.6 Å². The zero-order chi connectivity index (χ0) is 74.8. The number of unbranched alkanes of at least 4 members (excludes halogenated alkanes) is 54. The van der Waals surface area contributed by atoms with Crippen molar-refractivity contribution in [1.82, 2.24) is 0 Å². The largest absolute Gasteiger partial charge is 0.472 e. The van der Waals surface area contributed by atoms with Crippen LogP contribution in [-0.2, 0) is 65.4 Å².